The number of nitrogens with two attached hydrogens (primary N) is 2. The van der Waals surface area contributed by atoms with Crippen LogP contribution in [0.25, 0.3) is 16.6 Å². The van der Waals surface area contributed by atoms with Crippen molar-refractivity contribution < 1.29 is 0 Å². The van der Waals surface area contributed by atoms with Crippen LogP contribution in [0.4, 0.5) is 17.6 Å². The Hall–Kier alpha value is -4.17. The third-order valence-corrected chi connectivity index (χ3v) is 5.09. The summed E-state index contributed by atoms with van der Waals surface area (Å²) in [5.41, 5.74) is 12.2. The van der Waals surface area contributed by atoms with E-state index >= 15 is 0 Å². The van der Waals surface area contributed by atoms with E-state index in [2.05, 4.69) is 31.6 Å². The molecule has 0 radical (unpaired) electrons. The maximum Gasteiger partial charge on any atom is 0.266 e. The van der Waals surface area contributed by atoms with Crippen LogP contribution in [0.3, 0.4) is 0 Å². The van der Waals surface area contributed by atoms with E-state index in [9.17, 15) is 10.1 Å². The summed E-state index contributed by atoms with van der Waals surface area (Å²) in [5, 5.41) is 19.7. The summed E-state index contributed by atoms with van der Waals surface area (Å²) in [4.78, 5) is 26.1. The molecule has 1 aromatic carbocycles. The van der Waals surface area contributed by atoms with Crippen molar-refractivity contribution in [3.63, 3.8) is 0 Å². The van der Waals surface area contributed by atoms with E-state index in [1.165, 1.54) is 10.8 Å². The Labute approximate surface area is 180 Å². The van der Waals surface area contributed by atoms with Crippen molar-refractivity contribution in [1.82, 2.24) is 29.7 Å². The molecule has 0 aliphatic rings. The molecule has 4 aromatic rings. The number of rotatable bonds is 5. The molecular weight excluding hydrogens is 420 g/mol. The Bertz CT molecular complexity index is 1370. The highest BCUT2D eigenvalue weighted by molar-refractivity contribution is 6.35. The number of benzene rings is 1. The van der Waals surface area contributed by atoms with Gasteiger partial charge in [-0.25, -0.2) is 4.98 Å². The largest absolute Gasteiger partial charge is 0.382 e. The molecule has 6 N–H and O–H groups in total. The van der Waals surface area contributed by atoms with Gasteiger partial charge in [0.25, 0.3) is 5.56 Å². The van der Waals surface area contributed by atoms with Gasteiger partial charge in [0.1, 0.15) is 22.7 Å². The van der Waals surface area contributed by atoms with E-state index in [-0.39, 0.29) is 28.2 Å². The summed E-state index contributed by atoms with van der Waals surface area (Å²) in [6, 6.07) is 6.43. The summed E-state index contributed by atoms with van der Waals surface area (Å²) in [7, 11) is 0. The van der Waals surface area contributed by atoms with Gasteiger partial charge in [0.2, 0.25) is 5.95 Å². The van der Waals surface area contributed by atoms with Gasteiger partial charge in [0, 0.05) is 6.20 Å². The highest BCUT2D eigenvalue weighted by atomic mass is 35.5. The van der Waals surface area contributed by atoms with Crippen LogP contribution in [0.2, 0.25) is 5.02 Å². The SMILES string of the molecule is CCC(Nc1nc(N)nc(N)c1Cl)c1nc2c(C#N)cccc2c(=O)n1-c1cn[nH]c1. The van der Waals surface area contributed by atoms with Gasteiger partial charge in [0.05, 0.1) is 34.4 Å². The number of anilines is 3. The molecule has 0 spiro atoms. The Morgan fingerprint density at radius 3 is 2.81 bits per heavy atom. The van der Waals surface area contributed by atoms with Crippen molar-refractivity contribution >= 4 is 40.1 Å². The van der Waals surface area contributed by atoms with E-state index in [1.807, 2.05) is 6.92 Å². The molecule has 0 bridgehead atoms. The topological polar surface area (TPSA) is 177 Å². The Balaban J connectivity index is 1.97. The Morgan fingerprint density at radius 1 is 1.32 bits per heavy atom. The third-order valence-electron chi connectivity index (χ3n) is 4.71. The minimum atomic E-state index is -0.537. The fourth-order valence-electron chi connectivity index (χ4n) is 3.26. The zero-order valence-electron chi connectivity index (χ0n) is 16.3. The average Bonchev–Trinajstić information content (AvgIpc) is 3.29. The number of para-hydroxylation sites is 1. The van der Waals surface area contributed by atoms with E-state index < -0.39 is 6.04 Å². The summed E-state index contributed by atoms with van der Waals surface area (Å²) < 4.78 is 1.43. The van der Waals surface area contributed by atoms with Crippen molar-refractivity contribution in [3.8, 4) is 11.8 Å². The predicted molar refractivity (Wildman–Crippen MR) is 117 cm³/mol. The molecule has 12 heteroatoms. The minimum absolute atomic E-state index is 0.0250. The molecule has 31 heavy (non-hydrogen) atoms. The fraction of sp³-hybridized carbons (Fsp3) is 0.158. The van der Waals surface area contributed by atoms with Gasteiger partial charge in [-0.1, -0.05) is 24.6 Å². The van der Waals surface area contributed by atoms with E-state index in [0.717, 1.165) is 0 Å². The smallest absolute Gasteiger partial charge is 0.266 e. The van der Waals surface area contributed by atoms with E-state index in [1.54, 1.807) is 24.4 Å². The summed E-state index contributed by atoms with van der Waals surface area (Å²) >= 11 is 6.25. The lowest BCUT2D eigenvalue weighted by molar-refractivity contribution is 0.658. The lowest BCUT2D eigenvalue weighted by Gasteiger charge is -2.22. The molecule has 0 fully saturated rings. The molecule has 1 atom stereocenters. The van der Waals surface area contributed by atoms with Gasteiger partial charge in [0.15, 0.2) is 5.82 Å². The van der Waals surface area contributed by atoms with Gasteiger partial charge in [-0.15, -0.1) is 0 Å². The van der Waals surface area contributed by atoms with Crippen molar-refractivity contribution in [2.75, 3.05) is 16.8 Å². The number of halogens is 1. The average molecular weight is 437 g/mol. The molecule has 4 rings (SSSR count). The first-order chi connectivity index (χ1) is 14.9. The number of H-pyrrole nitrogens is 1. The van der Waals surface area contributed by atoms with E-state index in [0.29, 0.717) is 34.4 Å². The molecule has 3 aromatic heterocycles. The molecule has 0 aliphatic heterocycles. The number of aromatic nitrogens is 6. The van der Waals surface area contributed by atoms with Gasteiger partial charge >= 0.3 is 0 Å². The summed E-state index contributed by atoms with van der Waals surface area (Å²) in [6.45, 7) is 1.89. The highest BCUT2D eigenvalue weighted by Crippen LogP contribution is 2.30. The Kier molecular flexibility index (Phi) is 5.14. The molecule has 156 valence electrons. The number of nitrogens with zero attached hydrogens (tertiary/aromatic N) is 6. The second-order valence-electron chi connectivity index (χ2n) is 6.62. The lowest BCUT2D eigenvalue weighted by Crippen LogP contribution is -2.28. The standard InChI is InChI=1S/C19H17ClN10O/c1-2-12(26-16-13(20)15(22)28-19(23)29-16)17-27-14-9(6-21)4-3-5-11(14)18(31)30(17)10-7-24-25-8-10/h3-5,7-8,12H,2H2,1H3,(H,24,25)(H5,22,23,26,28,29). The van der Waals surface area contributed by atoms with Crippen LogP contribution < -0.4 is 22.3 Å². The lowest BCUT2D eigenvalue weighted by atomic mass is 10.1. The number of nitrogens with one attached hydrogen (secondary N) is 2. The molecule has 3 heterocycles. The van der Waals surface area contributed by atoms with Crippen LogP contribution in [0.15, 0.2) is 35.4 Å². The quantitative estimate of drug-likeness (QED) is 0.364. The second kappa shape index (κ2) is 7.92. The minimum Gasteiger partial charge on any atom is -0.382 e. The first kappa shape index (κ1) is 20.1. The monoisotopic (exact) mass is 436 g/mol. The summed E-state index contributed by atoms with van der Waals surface area (Å²) in [5.74, 6) is 0.526. The number of hydrogen-bond donors (Lipinski definition) is 4. The normalized spacial score (nSPS) is 11.9. The molecule has 0 amide bonds. The first-order valence-corrected chi connectivity index (χ1v) is 9.62. The zero-order valence-corrected chi connectivity index (χ0v) is 17.1. The first-order valence-electron chi connectivity index (χ1n) is 9.24. The Morgan fingerprint density at radius 2 is 2.13 bits per heavy atom. The molecule has 0 aliphatic carbocycles. The number of nitriles is 1. The van der Waals surface area contributed by atoms with Crippen molar-refractivity contribution in [1.29, 1.82) is 5.26 Å². The second-order valence-corrected chi connectivity index (χ2v) is 6.99. The van der Waals surface area contributed by atoms with Crippen LogP contribution in [-0.4, -0.2) is 29.7 Å². The van der Waals surface area contributed by atoms with Crippen LogP contribution in [0.1, 0.15) is 30.8 Å². The molecule has 1 unspecified atom stereocenters. The van der Waals surface area contributed by atoms with Gasteiger partial charge in [-0.05, 0) is 18.6 Å². The van der Waals surface area contributed by atoms with Gasteiger partial charge in [-0.3, -0.25) is 14.5 Å². The van der Waals surface area contributed by atoms with Crippen molar-refractivity contribution in [2.24, 2.45) is 0 Å². The van der Waals surface area contributed by atoms with Crippen molar-refractivity contribution in [2.45, 2.75) is 19.4 Å². The number of fused-ring (bicyclic) bond motifs is 1. The predicted octanol–water partition coefficient (Wildman–Crippen LogP) is 2.15. The van der Waals surface area contributed by atoms with Crippen LogP contribution in [0.5, 0.6) is 0 Å². The fourth-order valence-corrected chi connectivity index (χ4v) is 3.40. The molecule has 11 nitrogen and oxygen atoms in total. The van der Waals surface area contributed by atoms with E-state index in [4.69, 9.17) is 28.1 Å². The number of aromatic amines is 1. The molecule has 0 saturated heterocycles. The number of nitrogen functional groups attached to an aromatic ring is 2. The van der Waals surface area contributed by atoms with Crippen LogP contribution in [0, 0.1) is 11.3 Å². The third kappa shape index (κ3) is 3.49. The summed E-state index contributed by atoms with van der Waals surface area (Å²) in [6.07, 6.45) is 3.57. The zero-order chi connectivity index (χ0) is 22.1. The maximum absolute atomic E-state index is 13.4. The van der Waals surface area contributed by atoms with Gasteiger partial charge in [-0.2, -0.15) is 20.3 Å². The van der Waals surface area contributed by atoms with Crippen LogP contribution in [-0.2, 0) is 0 Å². The molecular formula is C19H17ClN10O. The van der Waals surface area contributed by atoms with Crippen molar-refractivity contribution in [3.05, 3.63) is 57.4 Å². The van der Waals surface area contributed by atoms with Gasteiger partial charge < -0.3 is 16.8 Å². The van der Waals surface area contributed by atoms with Crippen LogP contribution >= 0.6 is 11.6 Å². The highest BCUT2D eigenvalue weighted by Gasteiger charge is 2.23. The molecule has 0 saturated carbocycles. The number of hydrogen-bond acceptors (Lipinski definition) is 9. The maximum atomic E-state index is 13.4.